The Hall–Kier alpha value is -0.290. The molecule has 0 amide bonds. The summed E-state index contributed by atoms with van der Waals surface area (Å²) < 4.78 is 0. The van der Waals surface area contributed by atoms with Crippen molar-refractivity contribution >= 4 is 23.4 Å². The average Bonchev–Trinajstić information content (AvgIpc) is 2.29. The van der Waals surface area contributed by atoms with Crippen LogP contribution < -0.4 is 5.32 Å². The lowest BCUT2D eigenvalue weighted by atomic mass is 9.95. The fraction of sp³-hybridized carbons (Fsp3) is 0.545. The second kappa shape index (κ2) is 5.36. The van der Waals surface area contributed by atoms with Gasteiger partial charge < -0.3 is 10.4 Å². The summed E-state index contributed by atoms with van der Waals surface area (Å²) in [4.78, 5) is 4.20. The van der Waals surface area contributed by atoms with Gasteiger partial charge >= 0.3 is 0 Å². The fourth-order valence-electron chi connectivity index (χ4n) is 1.69. The molecule has 1 aromatic rings. The van der Waals surface area contributed by atoms with Gasteiger partial charge in [0, 0.05) is 11.9 Å². The number of halogens is 1. The third kappa shape index (κ3) is 3.35. The van der Waals surface area contributed by atoms with Crippen molar-refractivity contribution in [2.45, 2.75) is 23.5 Å². The van der Waals surface area contributed by atoms with Gasteiger partial charge in [-0.25, -0.2) is 4.98 Å². The molecule has 0 radical (unpaired) electrons. The minimum atomic E-state index is -0.544. The van der Waals surface area contributed by atoms with Crippen LogP contribution in [0, 0.1) is 0 Å². The van der Waals surface area contributed by atoms with Crippen LogP contribution in [-0.2, 0) is 0 Å². The lowest BCUT2D eigenvalue weighted by Crippen LogP contribution is -2.43. The van der Waals surface area contributed by atoms with Crippen LogP contribution in [0.15, 0.2) is 23.4 Å². The van der Waals surface area contributed by atoms with Crippen molar-refractivity contribution in [2.75, 3.05) is 18.8 Å². The number of aromatic nitrogens is 1. The Kier molecular flexibility index (Phi) is 4.08. The highest BCUT2D eigenvalue weighted by Crippen LogP contribution is 2.27. The predicted molar refractivity (Wildman–Crippen MR) is 67.0 cm³/mol. The number of pyridine rings is 1. The molecule has 1 aliphatic rings. The normalized spacial score (nSPS) is 19.6. The molecule has 88 valence electrons. The number of hydrogen-bond donors (Lipinski definition) is 2. The lowest BCUT2D eigenvalue weighted by molar-refractivity contribution is 0.0339. The van der Waals surface area contributed by atoms with Gasteiger partial charge in [-0.2, -0.15) is 0 Å². The summed E-state index contributed by atoms with van der Waals surface area (Å²) in [7, 11) is 0. The van der Waals surface area contributed by atoms with E-state index in [2.05, 4.69) is 10.3 Å². The third-order valence-electron chi connectivity index (χ3n) is 2.72. The molecule has 1 aliphatic heterocycles. The Morgan fingerprint density at radius 1 is 1.44 bits per heavy atom. The van der Waals surface area contributed by atoms with Crippen molar-refractivity contribution in [3.05, 3.63) is 23.4 Å². The van der Waals surface area contributed by atoms with Crippen molar-refractivity contribution < 1.29 is 5.11 Å². The first-order valence-corrected chi connectivity index (χ1v) is 6.72. The molecule has 5 heteroatoms. The summed E-state index contributed by atoms with van der Waals surface area (Å²) in [6.45, 7) is 1.79. The Balaban J connectivity index is 1.88. The van der Waals surface area contributed by atoms with E-state index < -0.39 is 5.60 Å². The summed E-state index contributed by atoms with van der Waals surface area (Å²) in [5, 5.41) is 15.1. The van der Waals surface area contributed by atoms with E-state index in [-0.39, 0.29) is 0 Å². The zero-order valence-corrected chi connectivity index (χ0v) is 10.5. The minimum absolute atomic E-state index is 0.544. The topological polar surface area (TPSA) is 45.2 Å². The number of hydrogen-bond acceptors (Lipinski definition) is 4. The average molecular weight is 259 g/mol. The van der Waals surface area contributed by atoms with E-state index >= 15 is 0 Å². The van der Waals surface area contributed by atoms with Gasteiger partial charge in [-0.1, -0.05) is 11.6 Å². The van der Waals surface area contributed by atoms with Crippen LogP contribution in [0.25, 0.3) is 0 Å². The Labute approximate surface area is 105 Å². The Morgan fingerprint density at radius 3 is 2.81 bits per heavy atom. The second-order valence-electron chi connectivity index (χ2n) is 4.08. The molecule has 0 atom stereocenters. The largest absolute Gasteiger partial charge is 0.389 e. The van der Waals surface area contributed by atoms with Crippen LogP contribution >= 0.6 is 23.4 Å². The van der Waals surface area contributed by atoms with E-state index in [1.165, 1.54) is 0 Å². The van der Waals surface area contributed by atoms with E-state index in [9.17, 15) is 5.11 Å². The maximum absolute atomic E-state index is 10.3. The molecule has 0 saturated carbocycles. The lowest BCUT2D eigenvalue weighted by Gasteiger charge is -2.32. The summed E-state index contributed by atoms with van der Waals surface area (Å²) in [5.74, 6) is 0.698. The van der Waals surface area contributed by atoms with Crippen LogP contribution in [0.1, 0.15) is 12.8 Å². The number of nitrogens with zero attached hydrogens (tertiary/aromatic N) is 1. The predicted octanol–water partition coefficient (Wildman–Crippen LogP) is 1.94. The van der Waals surface area contributed by atoms with Crippen LogP contribution in [0.4, 0.5) is 0 Å². The highest BCUT2D eigenvalue weighted by atomic mass is 35.5. The molecule has 16 heavy (non-hydrogen) atoms. The minimum Gasteiger partial charge on any atom is -0.389 e. The summed E-state index contributed by atoms with van der Waals surface area (Å²) in [6.07, 6.45) is 3.26. The van der Waals surface area contributed by atoms with Crippen molar-refractivity contribution in [3.63, 3.8) is 0 Å². The number of piperidine rings is 1. The smallest absolute Gasteiger partial charge is 0.0961 e. The number of aliphatic hydroxyl groups is 1. The van der Waals surface area contributed by atoms with Crippen LogP contribution in [-0.4, -0.2) is 34.5 Å². The molecule has 0 unspecified atom stereocenters. The number of nitrogens with one attached hydrogen (secondary N) is 1. The molecule has 0 spiro atoms. The molecule has 1 saturated heterocycles. The number of rotatable bonds is 3. The van der Waals surface area contributed by atoms with Gasteiger partial charge in [0.2, 0.25) is 0 Å². The van der Waals surface area contributed by atoms with Gasteiger partial charge in [0.1, 0.15) is 0 Å². The van der Waals surface area contributed by atoms with Crippen molar-refractivity contribution in [2.24, 2.45) is 0 Å². The Bertz CT molecular complexity index is 338. The van der Waals surface area contributed by atoms with E-state index in [0.29, 0.717) is 10.8 Å². The molecule has 2 rings (SSSR count). The van der Waals surface area contributed by atoms with Crippen LogP contribution in [0.2, 0.25) is 5.02 Å². The van der Waals surface area contributed by atoms with Gasteiger partial charge in [-0.05, 0) is 38.1 Å². The van der Waals surface area contributed by atoms with Crippen LogP contribution in [0.3, 0.4) is 0 Å². The van der Waals surface area contributed by atoms with Gasteiger partial charge in [-0.3, -0.25) is 0 Å². The van der Waals surface area contributed by atoms with Crippen molar-refractivity contribution in [3.8, 4) is 0 Å². The molecule has 1 aromatic heterocycles. The molecule has 2 N–H and O–H groups in total. The fourth-order valence-corrected chi connectivity index (χ4v) is 2.80. The van der Waals surface area contributed by atoms with Gasteiger partial charge in [0.05, 0.1) is 15.6 Å². The van der Waals surface area contributed by atoms with Crippen LogP contribution in [0.5, 0.6) is 0 Å². The molecule has 0 aromatic carbocycles. The molecule has 2 heterocycles. The molecule has 1 fully saturated rings. The van der Waals surface area contributed by atoms with Gasteiger partial charge in [0.15, 0.2) is 0 Å². The quantitative estimate of drug-likeness (QED) is 0.814. The maximum atomic E-state index is 10.3. The highest BCUT2D eigenvalue weighted by molar-refractivity contribution is 7.99. The first kappa shape index (κ1) is 12.2. The van der Waals surface area contributed by atoms with E-state index in [1.807, 2.05) is 12.1 Å². The molecule has 0 bridgehead atoms. The molecular formula is C11H15ClN2OS. The maximum Gasteiger partial charge on any atom is 0.0961 e. The van der Waals surface area contributed by atoms with E-state index in [1.54, 1.807) is 18.0 Å². The molecular weight excluding hydrogens is 244 g/mol. The summed E-state index contributed by atoms with van der Waals surface area (Å²) in [5.41, 5.74) is -0.544. The molecule has 0 aliphatic carbocycles. The van der Waals surface area contributed by atoms with E-state index in [0.717, 1.165) is 31.0 Å². The van der Waals surface area contributed by atoms with Crippen molar-refractivity contribution in [1.29, 1.82) is 0 Å². The van der Waals surface area contributed by atoms with E-state index in [4.69, 9.17) is 11.6 Å². The molecule has 3 nitrogen and oxygen atoms in total. The monoisotopic (exact) mass is 258 g/mol. The standard InChI is InChI=1S/C11H15ClN2OS/c12-9-1-2-10(14-7-9)16-8-11(15)3-5-13-6-4-11/h1-2,7,13,15H,3-6,8H2. The number of thioether (sulfide) groups is 1. The first-order chi connectivity index (χ1) is 7.68. The van der Waals surface area contributed by atoms with Crippen molar-refractivity contribution in [1.82, 2.24) is 10.3 Å². The SMILES string of the molecule is OC1(CSc2ccc(Cl)cn2)CCNCC1. The van der Waals surface area contributed by atoms with Gasteiger partial charge in [0.25, 0.3) is 0 Å². The summed E-state index contributed by atoms with van der Waals surface area (Å²) in [6, 6.07) is 3.71. The third-order valence-corrected chi connectivity index (χ3v) is 4.17. The Morgan fingerprint density at radius 2 is 2.19 bits per heavy atom. The summed E-state index contributed by atoms with van der Waals surface area (Å²) >= 11 is 7.35. The second-order valence-corrected chi connectivity index (χ2v) is 5.51. The highest BCUT2D eigenvalue weighted by Gasteiger charge is 2.29. The zero-order chi connectivity index (χ0) is 11.4. The van der Waals surface area contributed by atoms with Gasteiger partial charge in [-0.15, -0.1) is 11.8 Å². The zero-order valence-electron chi connectivity index (χ0n) is 8.95. The first-order valence-electron chi connectivity index (χ1n) is 5.35.